The molecule has 1 aromatic carbocycles. The number of amides is 2. The van der Waals surface area contributed by atoms with Gasteiger partial charge in [0, 0.05) is 39.1 Å². The summed E-state index contributed by atoms with van der Waals surface area (Å²) in [4.78, 5) is 28.0. The van der Waals surface area contributed by atoms with Crippen molar-refractivity contribution in [1.29, 1.82) is 0 Å². The number of benzene rings is 1. The SMILES string of the molecule is CN(C(=O)C1CC(=O)N(Cc2cccc(C(F)(F)F)c2)C1)C1CCNC1. The fourth-order valence-corrected chi connectivity index (χ4v) is 3.59. The maximum absolute atomic E-state index is 12.8. The van der Waals surface area contributed by atoms with E-state index in [-0.39, 0.29) is 37.4 Å². The molecule has 2 heterocycles. The first kappa shape index (κ1) is 18.7. The van der Waals surface area contributed by atoms with Gasteiger partial charge in [0.1, 0.15) is 0 Å². The highest BCUT2D eigenvalue weighted by molar-refractivity contribution is 5.89. The van der Waals surface area contributed by atoms with Crippen LogP contribution in [0.5, 0.6) is 0 Å². The Balaban J connectivity index is 1.64. The van der Waals surface area contributed by atoms with Crippen LogP contribution < -0.4 is 5.32 Å². The van der Waals surface area contributed by atoms with Crippen molar-refractivity contribution in [3.05, 3.63) is 35.4 Å². The molecule has 3 rings (SSSR count). The minimum absolute atomic E-state index is 0.0707. The molecule has 2 aliphatic heterocycles. The van der Waals surface area contributed by atoms with E-state index in [9.17, 15) is 22.8 Å². The van der Waals surface area contributed by atoms with Gasteiger partial charge in [-0.15, -0.1) is 0 Å². The summed E-state index contributed by atoms with van der Waals surface area (Å²) in [5.74, 6) is -0.698. The quantitative estimate of drug-likeness (QED) is 0.882. The van der Waals surface area contributed by atoms with Gasteiger partial charge in [-0.25, -0.2) is 0 Å². The lowest BCUT2D eigenvalue weighted by atomic mass is 10.1. The molecule has 2 aliphatic rings. The van der Waals surface area contributed by atoms with Crippen molar-refractivity contribution >= 4 is 11.8 Å². The van der Waals surface area contributed by atoms with Crippen LogP contribution >= 0.6 is 0 Å². The van der Waals surface area contributed by atoms with Crippen molar-refractivity contribution < 1.29 is 22.8 Å². The molecule has 0 radical (unpaired) electrons. The van der Waals surface area contributed by atoms with Crippen LogP contribution in [0.1, 0.15) is 24.0 Å². The number of hydrogen-bond donors (Lipinski definition) is 1. The number of alkyl halides is 3. The van der Waals surface area contributed by atoms with E-state index in [4.69, 9.17) is 0 Å². The summed E-state index contributed by atoms with van der Waals surface area (Å²) in [5, 5.41) is 3.20. The molecular weight excluding hydrogens is 347 g/mol. The van der Waals surface area contributed by atoms with Gasteiger partial charge in [0.05, 0.1) is 11.5 Å². The van der Waals surface area contributed by atoms with Crippen molar-refractivity contribution in [2.75, 3.05) is 26.7 Å². The lowest BCUT2D eigenvalue weighted by Gasteiger charge is -2.26. The Hall–Kier alpha value is -2.09. The second-order valence-corrected chi connectivity index (χ2v) is 6.97. The fraction of sp³-hybridized carbons (Fsp3) is 0.556. The van der Waals surface area contributed by atoms with Crippen molar-refractivity contribution in [1.82, 2.24) is 15.1 Å². The Morgan fingerprint density at radius 3 is 2.81 bits per heavy atom. The third kappa shape index (κ3) is 4.00. The summed E-state index contributed by atoms with van der Waals surface area (Å²) in [7, 11) is 1.75. The molecule has 1 N–H and O–H groups in total. The van der Waals surface area contributed by atoms with E-state index in [0.717, 1.165) is 31.6 Å². The summed E-state index contributed by atoms with van der Waals surface area (Å²) in [6.07, 6.45) is -3.42. The highest BCUT2D eigenvalue weighted by Crippen LogP contribution is 2.30. The number of carbonyl (C=O) groups is 2. The number of nitrogens with zero attached hydrogens (tertiary/aromatic N) is 2. The molecular formula is C18H22F3N3O2. The molecule has 5 nitrogen and oxygen atoms in total. The number of rotatable bonds is 4. The van der Waals surface area contributed by atoms with Crippen molar-refractivity contribution in [2.24, 2.45) is 5.92 Å². The van der Waals surface area contributed by atoms with Gasteiger partial charge >= 0.3 is 6.18 Å². The van der Waals surface area contributed by atoms with Crippen molar-refractivity contribution in [3.8, 4) is 0 Å². The molecule has 26 heavy (non-hydrogen) atoms. The highest BCUT2D eigenvalue weighted by atomic mass is 19.4. The van der Waals surface area contributed by atoms with Gasteiger partial charge < -0.3 is 15.1 Å². The van der Waals surface area contributed by atoms with Crippen LogP contribution in [0.15, 0.2) is 24.3 Å². The minimum atomic E-state index is -4.42. The maximum Gasteiger partial charge on any atom is 0.416 e. The minimum Gasteiger partial charge on any atom is -0.341 e. The second-order valence-electron chi connectivity index (χ2n) is 6.97. The number of halogens is 3. The molecule has 2 fully saturated rings. The number of carbonyl (C=O) groups excluding carboxylic acids is 2. The Labute approximate surface area is 150 Å². The van der Waals surface area contributed by atoms with Gasteiger partial charge in [-0.1, -0.05) is 12.1 Å². The lowest BCUT2D eigenvalue weighted by molar-refractivity contribution is -0.137. The predicted octanol–water partition coefficient (Wildman–Crippen LogP) is 1.87. The number of likely N-dealkylation sites (N-methyl/N-ethyl adjacent to an activating group) is 1. The van der Waals surface area contributed by atoms with Crippen LogP contribution in [0.2, 0.25) is 0 Å². The molecule has 0 bridgehead atoms. The van der Waals surface area contributed by atoms with Crippen molar-refractivity contribution in [2.45, 2.75) is 31.6 Å². The van der Waals surface area contributed by atoms with Crippen LogP contribution in [0, 0.1) is 5.92 Å². The third-order valence-electron chi connectivity index (χ3n) is 5.12. The maximum atomic E-state index is 12.8. The fourth-order valence-electron chi connectivity index (χ4n) is 3.59. The normalized spacial score (nSPS) is 23.5. The van der Waals surface area contributed by atoms with Crippen LogP contribution in [0.4, 0.5) is 13.2 Å². The van der Waals surface area contributed by atoms with Gasteiger partial charge in [-0.05, 0) is 30.7 Å². The van der Waals surface area contributed by atoms with E-state index in [1.165, 1.54) is 11.0 Å². The number of nitrogens with one attached hydrogen (secondary N) is 1. The summed E-state index contributed by atoms with van der Waals surface area (Å²) in [6, 6.07) is 5.09. The average molecular weight is 369 g/mol. The van der Waals surface area contributed by atoms with Crippen LogP contribution in [-0.2, 0) is 22.3 Å². The number of likely N-dealkylation sites (tertiary alicyclic amines) is 1. The monoisotopic (exact) mass is 369 g/mol. The largest absolute Gasteiger partial charge is 0.416 e. The average Bonchev–Trinajstić information content (AvgIpc) is 3.24. The molecule has 1 aromatic rings. The van der Waals surface area contributed by atoms with E-state index in [0.29, 0.717) is 5.56 Å². The molecule has 0 aliphatic carbocycles. The van der Waals surface area contributed by atoms with Crippen LogP contribution in [0.3, 0.4) is 0 Å². The standard InChI is InChI=1S/C18H22F3N3O2/c1-23(15-5-6-22-9-15)17(26)13-8-16(25)24(11-13)10-12-3-2-4-14(7-12)18(19,20)21/h2-4,7,13,15,22H,5-6,8-11H2,1H3. The topological polar surface area (TPSA) is 52.7 Å². The third-order valence-corrected chi connectivity index (χ3v) is 5.12. The summed E-state index contributed by atoms with van der Waals surface area (Å²) in [5.41, 5.74) is -0.322. The van der Waals surface area contributed by atoms with Gasteiger partial charge in [0.2, 0.25) is 11.8 Å². The highest BCUT2D eigenvalue weighted by Gasteiger charge is 2.38. The lowest BCUT2D eigenvalue weighted by Crippen LogP contribution is -2.42. The molecule has 8 heteroatoms. The molecule has 142 valence electrons. The van der Waals surface area contributed by atoms with E-state index in [1.54, 1.807) is 18.0 Å². The zero-order valence-electron chi connectivity index (χ0n) is 14.6. The van der Waals surface area contributed by atoms with Crippen LogP contribution in [0.25, 0.3) is 0 Å². The second kappa shape index (κ2) is 7.26. The Morgan fingerprint density at radius 2 is 2.15 bits per heavy atom. The van der Waals surface area contributed by atoms with E-state index >= 15 is 0 Å². The van der Waals surface area contributed by atoms with Gasteiger partial charge in [0.25, 0.3) is 0 Å². The first-order valence-corrected chi connectivity index (χ1v) is 8.67. The molecule has 2 unspecified atom stereocenters. The summed E-state index contributed by atoms with van der Waals surface area (Å²) >= 11 is 0. The molecule has 0 aromatic heterocycles. The number of hydrogen-bond acceptors (Lipinski definition) is 3. The molecule has 2 amide bonds. The zero-order valence-corrected chi connectivity index (χ0v) is 14.6. The van der Waals surface area contributed by atoms with E-state index in [1.807, 2.05) is 0 Å². The van der Waals surface area contributed by atoms with Gasteiger partial charge in [-0.3, -0.25) is 9.59 Å². The smallest absolute Gasteiger partial charge is 0.341 e. The van der Waals surface area contributed by atoms with Gasteiger partial charge in [-0.2, -0.15) is 13.2 Å². The Bertz CT molecular complexity index is 687. The summed E-state index contributed by atoms with van der Waals surface area (Å²) < 4.78 is 38.5. The molecule has 2 atom stereocenters. The first-order chi connectivity index (χ1) is 12.3. The predicted molar refractivity (Wildman–Crippen MR) is 89.0 cm³/mol. The molecule has 2 saturated heterocycles. The van der Waals surface area contributed by atoms with E-state index < -0.39 is 17.7 Å². The van der Waals surface area contributed by atoms with Crippen molar-refractivity contribution in [3.63, 3.8) is 0 Å². The van der Waals surface area contributed by atoms with Crippen LogP contribution in [-0.4, -0.2) is 54.3 Å². The van der Waals surface area contributed by atoms with E-state index in [2.05, 4.69) is 5.32 Å². The molecule has 0 spiro atoms. The summed E-state index contributed by atoms with van der Waals surface area (Å²) in [6.45, 7) is 1.95. The molecule has 0 saturated carbocycles. The zero-order chi connectivity index (χ0) is 18.9. The Morgan fingerprint density at radius 1 is 1.38 bits per heavy atom. The van der Waals surface area contributed by atoms with Gasteiger partial charge in [0.15, 0.2) is 0 Å². The Kier molecular flexibility index (Phi) is 5.22. The first-order valence-electron chi connectivity index (χ1n) is 8.67.